The summed E-state index contributed by atoms with van der Waals surface area (Å²) in [5, 5.41) is 3.90. The van der Waals surface area contributed by atoms with Gasteiger partial charge in [-0.3, -0.25) is 14.7 Å². The minimum absolute atomic E-state index is 0.0927. The summed E-state index contributed by atoms with van der Waals surface area (Å²) in [5.74, 6) is -0.151. The zero-order chi connectivity index (χ0) is 31.8. The number of pyridine rings is 1. The van der Waals surface area contributed by atoms with Crippen LogP contribution in [0.5, 0.6) is 0 Å². The maximum atomic E-state index is 13.7. The number of ether oxygens (including phenoxy) is 3. The van der Waals surface area contributed by atoms with Crippen LogP contribution in [-0.2, 0) is 26.1 Å². The highest BCUT2D eigenvalue weighted by Gasteiger charge is 2.51. The molecule has 1 N–H and O–H groups in total. The van der Waals surface area contributed by atoms with E-state index in [1.54, 1.807) is 24.5 Å². The number of amides is 2. The van der Waals surface area contributed by atoms with Crippen molar-refractivity contribution in [2.45, 2.75) is 49.5 Å². The van der Waals surface area contributed by atoms with Gasteiger partial charge in [0, 0.05) is 64.4 Å². The number of halogens is 1. The van der Waals surface area contributed by atoms with Crippen molar-refractivity contribution in [1.82, 2.24) is 29.7 Å². The molecule has 2 aliphatic heterocycles. The number of carbonyl (C=O) groups is 2. The van der Waals surface area contributed by atoms with E-state index in [1.807, 2.05) is 36.0 Å². The molecule has 242 valence electrons. The number of aromatic nitrogens is 3. The lowest BCUT2D eigenvalue weighted by Crippen LogP contribution is -2.51. The van der Waals surface area contributed by atoms with Gasteiger partial charge in [0.2, 0.25) is 0 Å². The van der Waals surface area contributed by atoms with Gasteiger partial charge in [0.05, 0.1) is 49.2 Å². The van der Waals surface area contributed by atoms with Crippen LogP contribution in [0.3, 0.4) is 0 Å². The van der Waals surface area contributed by atoms with Gasteiger partial charge in [0.1, 0.15) is 11.7 Å². The quantitative estimate of drug-likeness (QED) is 0.403. The summed E-state index contributed by atoms with van der Waals surface area (Å²) in [5.41, 5.74) is 4.71. The van der Waals surface area contributed by atoms with E-state index in [-0.39, 0.29) is 24.1 Å². The highest BCUT2D eigenvalue weighted by molar-refractivity contribution is 6.30. The van der Waals surface area contributed by atoms with E-state index >= 15 is 0 Å². The number of hydrogen-bond acceptors (Lipinski definition) is 8. The van der Waals surface area contributed by atoms with Crippen LogP contribution in [0.2, 0.25) is 5.02 Å². The maximum Gasteiger partial charge on any atom is 0.410 e. The molecule has 2 atom stereocenters. The molecule has 1 saturated carbocycles. The second-order valence-electron chi connectivity index (χ2n) is 12.5. The molecule has 2 saturated heterocycles. The minimum atomic E-state index is -0.813. The predicted molar refractivity (Wildman–Crippen MR) is 172 cm³/mol. The molecule has 4 heterocycles. The summed E-state index contributed by atoms with van der Waals surface area (Å²) in [6.07, 6.45) is 9.92. The third-order valence-electron chi connectivity index (χ3n) is 9.68. The van der Waals surface area contributed by atoms with Crippen LogP contribution in [0, 0.1) is 0 Å². The topological polar surface area (TPSA) is 111 Å². The minimum Gasteiger partial charge on any atom is -0.446 e. The number of rotatable bonds is 7. The van der Waals surface area contributed by atoms with Gasteiger partial charge >= 0.3 is 6.09 Å². The molecular formula is C34H39ClN6O5. The summed E-state index contributed by atoms with van der Waals surface area (Å²) >= 11 is 6.70. The Morgan fingerprint density at radius 2 is 1.91 bits per heavy atom. The Morgan fingerprint density at radius 1 is 1.13 bits per heavy atom. The fraction of sp³-hybridized carbons (Fsp3) is 0.471. The monoisotopic (exact) mass is 646 g/mol. The third kappa shape index (κ3) is 5.92. The molecule has 3 fully saturated rings. The van der Waals surface area contributed by atoms with E-state index in [4.69, 9.17) is 30.8 Å². The normalized spacial score (nSPS) is 21.8. The van der Waals surface area contributed by atoms with Crippen molar-refractivity contribution >= 4 is 35.3 Å². The SMILES string of the molecule is COC1(C(=O)N[C@H](C2=Cc3cccnc3[C@@H](N3CCN(C(=O)OC4CCOCC4)CC3)c3ccc(Cl)cc32)c2cncn2C)CC1. The van der Waals surface area contributed by atoms with Crippen molar-refractivity contribution in [2.24, 2.45) is 7.05 Å². The number of fused-ring (bicyclic) bond motifs is 2. The number of carbonyl (C=O) groups excluding carboxylic acids is 2. The van der Waals surface area contributed by atoms with Crippen LogP contribution >= 0.6 is 11.6 Å². The van der Waals surface area contributed by atoms with Crippen LogP contribution in [-0.4, -0.2) is 94.5 Å². The summed E-state index contributed by atoms with van der Waals surface area (Å²) < 4.78 is 18.8. The second kappa shape index (κ2) is 12.8. The molecule has 2 aromatic heterocycles. The third-order valence-corrected chi connectivity index (χ3v) is 9.92. The Bertz CT molecular complexity index is 1640. The second-order valence-corrected chi connectivity index (χ2v) is 12.9. The first kappa shape index (κ1) is 30.9. The Kier molecular flexibility index (Phi) is 8.58. The largest absolute Gasteiger partial charge is 0.446 e. The van der Waals surface area contributed by atoms with Crippen LogP contribution in [0.1, 0.15) is 65.8 Å². The van der Waals surface area contributed by atoms with Gasteiger partial charge in [-0.15, -0.1) is 0 Å². The Hall–Kier alpha value is -3.77. The lowest BCUT2D eigenvalue weighted by atomic mass is 9.89. The number of benzene rings is 1. The standard InChI is InChI=1S/C34H39ClN6O5/c1-39-21-36-20-28(39)30(38-32(42)34(44-2)9-10-34)27-18-22-4-3-11-37-29(22)31(25-6-5-23(35)19-26(25)27)40-12-14-41(15-13-40)33(43)46-24-7-16-45-17-8-24/h3-6,11,18-21,24,30-31H,7-10,12-17H2,1-2H3,(H,38,42)/t30-,31+/m1/s1. The van der Waals surface area contributed by atoms with Crippen molar-refractivity contribution in [3.8, 4) is 0 Å². The molecule has 0 bridgehead atoms. The van der Waals surface area contributed by atoms with Crippen LogP contribution in [0.4, 0.5) is 4.79 Å². The van der Waals surface area contributed by atoms with Gasteiger partial charge in [-0.1, -0.05) is 23.7 Å². The summed E-state index contributed by atoms with van der Waals surface area (Å²) in [7, 11) is 3.51. The van der Waals surface area contributed by atoms with Crippen molar-refractivity contribution in [1.29, 1.82) is 0 Å². The Labute approximate surface area is 273 Å². The zero-order valence-electron chi connectivity index (χ0n) is 26.2. The first-order chi connectivity index (χ1) is 22.4. The highest BCUT2D eigenvalue weighted by Crippen LogP contribution is 2.45. The molecule has 11 nitrogen and oxygen atoms in total. The molecule has 0 radical (unpaired) electrons. The average Bonchev–Trinajstić information content (AvgIpc) is 3.80. The molecule has 7 rings (SSSR count). The zero-order valence-corrected chi connectivity index (χ0v) is 26.9. The molecule has 1 aromatic carbocycles. The van der Waals surface area contributed by atoms with E-state index in [0.29, 0.717) is 57.3 Å². The Balaban J connectivity index is 1.23. The Morgan fingerprint density at radius 3 is 2.61 bits per heavy atom. The van der Waals surface area contributed by atoms with E-state index in [9.17, 15) is 9.59 Å². The van der Waals surface area contributed by atoms with Gasteiger partial charge in [-0.05, 0) is 59.4 Å². The fourth-order valence-corrected chi connectivity index (χ4v) is 7.00. The first-order valence-corrected chi connectivity index (χ1v) is 16.3. The molecule has 0 spiro atoms. The molecule has 12 heteroatoms. The predicted octanol–water partition coefficient (Wildman–Crippen LogP) is 4.38. The van der Waals surface area contributed by atoms with Gasteiger partial charge < -0.3 is 29.0 Å². The van der Waals surface area contributed by atoms with Gasteiger partial charge in [0.15, 0.2) is 0 Å². The summed E-state index contributed by atoms with van der Waals surface area (Å²) in [6, 6.07) is 9.19. The number of piperazine rings is 1. The van der Waals surface area contributed by atoms with Gasteiger partial charge in [-0.2, -0.15) is 0 Å². The molecule has 3 aromatic rings. The maximum absolute atomic E-state index is 13.7. The van der Waals surface area contributed by atoms with Crippen molar-refractivity contribution in [3.63, 3.8) is 0 Å². The summed E-state index contributed by atoms with van der Waals surface area (Å²) in [6.45, 7) is 3.60. The highest BCUT2D eigenvalue weighted by atomic mass is 35.5. The fourth-order valence-electron chi connectivity index (χ4n) is 6.83. The van der Waals surface area contributed by atoms with E-state index in [1.165, 1.54) is 0 Å². The number of aryl methyl sites for hydroxylation is 1. The van der Waals surface area contributed by atoms with E-state index in [0.717, 1.165) is 46.5 Å². The van der Waals surface area contributed by atoms with Gasteiger partial charge in [-0.25, -0.2) is 9.78 Å². The van der Waals surface area contributed by atoms with Crippen molar-refractivity contribution in [2.75, 3.05) is 46.5 Å². The van der Waals surface area contributed by atoms with E-state index in [2.05, 4.69) is 33.4 Å². The van der Waals surface area contributed by atoms with Crippen LogP contribution in [0.15, 0.2) is 49.1 Å². The summed E-state index contributed by atoms with van der Waals surface area (Å²) in [4.78, 5) is 40.2. The molecule has 46 heavy (non-hydrogen) atoms. The number of hydrogen-bond donors (Lipinski definition) is 1. The number of imidazole rings is 1. The average molecular weight is 647 g/mol. The number of nitrogens with one attached hydrogen (secondary N) is 1. The molecular weight excluding hydrogens is 608 g/mol. The molecule has 4 aliphatic rings. The molecule has 2 aliphatic carbocycles. The van der Waals surface area contributed by atoms with Crippen LogP contribution in [0.25, 0.3) is 11.6 Å². The number of nitrogens with zero attached hydrogens (tertiary/aromatic N) is 5. The van der Waals surface area contributed by atoms with Crippen molar-refractivity contribution < 1.29 is 23.8 Å². The first-order valence-electron chi connectivity index (χ1n) is 15.9. The van der Waals surface area contributed by atoms with Crippen LogP contribution < -0.4 is 5.32 Å². The lowest BCUT2D eigenvalue weighted by molar-refractivity contribution is -0.134. The molecule has 2 amide bonds. The lowest BCUT2D eigenvalue weighted by Gasteiger charge is -2.40. The smallest absolute Gasteiger partial charge is 0.410 e. The van der Waals surface area contributed by atoms with E-state index < -0.39 is 11.6 Å². The number of methoxy groups -OCH3 is 1. The van der Waals surface area contributed by atoms with Gasteiger partial charge in [0.25, 0.3) is 5.91 Å². The molecule has 0 unspecified atom stereocenters. The van der Waals surface area contributed by atoms with Crippen molar-refractivity contribution in [3.05, 3.63) is 82.2 Å².